The summed E-state index contributed by atoms with van der Waals surface area (Å²) in [6.07, 6.45) is 2.27. The van der Waals surface area contributed by atoms with E-state index in [9.17, 15) is 4.79 Å². The quantitative estimate of drug-likeness (QED) is 0.490. The van der Waals surface area contributed by atoms with E-state index in [1.807, 2.05) is 47.1 Å². The van der Waals surface area contributed by atoms with Crippen LogP contribution in [-0.2, 0) is 6.54 Å². The first-order valence-corrected chi connectivity index (χ1v) is 11.4. The lowest BCUT2D eigenvalue weighted by Crippen LogP contribution is -2.41. The number of methoxy groups -OCH3 is 1. The lowest BCUT2D eigenvalue weighted by Gasteiger charge is -2.36. The minimum absolute atomic E-state index is 0.131. The van der Waals surface area contributed by atoms with Gasteiger partial charge in [0.15, 0.2) is 5.82 Å². The van der Waals surface area contributed by atoms with E-state index >= 15 is 0 Å². The van der Waals surface area contributed by atoms with Gasteiger partial charge in [-0.2, -0.15) is 0 Å². The van der Waals surface area contributed by atoms with Gasteiger partial charge in [-0.15, -0.1) is 5.10 Å². The summed E-state index contributed by atoms with van der Waals surface area (Å²) < 4.78 is 7.13. The Balaban J connectivity index is 1.62. The molecule has 1 aliphatic heterocycles. The Hall–Kier alpha value is -3.52. The molecule has 0 spiro atoms. The summed E-state index contributed by atoms with van der Waals surface area (Å²) in [4.78, 5) is 18.8. The first-order chi connectivity index (χ1) is 16.1. The van der Waals surface area contributed by atoms with E-state index in [1.165, 1.54) is 6.42 Å². The molecule has 8 heteroatoms. The molecule has 8 nitrogen and oxygen atoms in total. The number of hydrogen-bond donors (Lipinski definition) is 1. The van der Waals surface area contributed by atoms with Crippen molar-refractivity contribution in [1.29, 1.82) is 0 Å². The minimum Gasteiger partial charge on any atom is -0.497 e. The molecule has 1 N–H and O–H groups in total. The molecule has 1 saturated heterocycles. The van der Waals surface area contributed by atoms with E-state index in [0.29, 0.717) is 29.6 Å². The summed E-state index contributed by atoms with van der Waals surface area (Å²) in [6, 6.07) is 17.5. The van der Waals surface area contributed by atoms with Gasteiger partial charge in [0.05, 0.1) is 19.2 Å². The summed E-state index contributed by atoms with van der Waals surface area (Å²) in [5, 5.41) is 13.7. The first kappa shape index (κ1) is 21.3. The zero-order valence-corrected chi connectivity index (χ0v) is 18.9. The Bertz CT molecular complexity index is 1300. The van der Waals surface area contributed by atoms with Crippen molar-refractivity contribution in [3.05, 3.63) is 81.9 Å². The van der Waals surface area contributed by atoms with Gasteiger partial charge in [0.2, 0.25) is 0 Å². The lowest BCUT2D eigenvalue weighted by atomic mass is 9.95. The predicted octanol–water partition coefficient (Wildman–Crippen LogP) is 3.39. The number of pyridine rings is 1. The first-order valence-electron chi connectivity index (χ1n) is 11.4. The van der Waals surface area contributed by atoms with E-state index in [0.717, 1.165) is 36.0 Å². The molecule has 0 aliphatic carbocycles. The Morgan fingerprint density at radius 1 is 1.18 bits per heavy atom. The molecule has 1 aliphatic rings. The molecule has 5 rings (SSSR count). The highest BCUT2D eigenvalue weighted by atomic mass is 16.5. The molecule has 2 atom stereocenters. The van der Waals surface area contributed by atoms with Crippen molar-refractivity contribution < 1.29 is 4.74 Å². The minimum atomic E-state index is -0.332. The van der Waals surface area contributed by atoms with Crippen LogP contribution < -0.4 is 10.3 Å². The van der Waals surface area contributed by atoms with E-state index in [-0.39, 0.29) is 11.6 Å². The monoisotopic (exact) mass is 444 g/mol. The number of ether oxygens (including phenoxy) is 1. The Kier molecular flexibility index (Phi) is 5.92. The average molecular weight is 445 g/mol. The lowest BCUT2D eigenvalue weighted by molar-refractivity contribution is 0.141. The molecular formula is C25H28N6O2. The maximum Gasteiger partial charge on any atom is 0.253 e. The number of piperidine rings is 1. The van der Waals surface area contributed by atoms with Gasteiger partial charge in [0, 0.05) is 18.2 Å². The van der Waals surface area contributed by atoms with E-state index < -0.39 is 0 Å². The summed E-state index contributed by atoms with van der Waals surface area (Å²) in [7, 11) is 1.62. The maximum atomic E-state index is 13.4. The number of benzene rings is 2. The number of hydrogen-bond acceptors (Lipinski definition) is 6. The summed E-state index contributed by atoms with van der Waals surface area (Å²) in [5.74, 6) is 1.94. The molecule has 0 bridgehead atoms. The average Bonchev–Trinajstić information content (AvgIpc) is 3.27. The molecule has 0 amide bonds. The van der Waals surface area contributed by atoms with Crippen LogP contribution in [0.1, 0.15) is 42.8 Å². The van der Waals surface area contributed by atoms with Crippen molar-refractivity contribution in [2.75, 3.05) is 20.2 Å². The van der Waals surface area contributed by atoms with Crippen molar-refractivity contribution in [2.45, 2.75) is 32.4 Å². The smallest absolute Gasteiger partial charge is 0.253 e. The van der Waals surface area contributed by atoms with Crippen molar-refractivity contribution in [2.24, 2.45) is 5.92 Å². The Morgan fingerprint density at radius 3 is 2.82 bits per heavy atom. The fourth-order valence-corrected chi connectivity index (χ4v) is 4.76. The molecule has 0 saturated carbocycles. The van der Waals surface area contributed by atoms with Crippen molar-refractivity contribution in [3.8, 4) is 5.75 Å². The second-order valence-corrected chi connectivity index (χ2v) is 8.83. The SMILES string of the molecule is COc1ccc2cc([C@H](c3nnnn3Cc3ccccc3)N3CCC[C@H](C)C3)c(=O)[nH]c2c1. The van der Waals surface area contributed by atoms with Crippen LogP contribution in [0, 0.1) is 5.92 Å². The summed E-state index contributed by atoms with van der Waals surface area (Å²) in [6.45, 7) is 4.59. The number of likely N-dealkylation sites (tertiary alicyclic amines) is 1. The molecule has 4 aromatic rings. The van der Waals surface area contributed by atoms with E-state index in [1.54, 1.807) is 7.11 Å². The van der Waals surface area contributed by atoms with Gasteiger partial charge >= 0.3 is 0 Å². The standard InChI is InChI=1S/C25H28N6O2/c1-17-7-6-12-30(15-17)23(24-27-28-29-31(24)16-18-8-4-3-5-9-18)21-13-19-10-11-20(33-2)14-22(19)26-25(21)32/h3-5,8-11,13-14,17,23H,6-7,12,15-16H2,1-2H3,(H,26,32)/t17-,23+/m0/s1. The highest BCUT2D eigenvalue weighted by molar-refractivity contribution is 5.80. The van der Waals surface area contributed by atoms with Crippen LogP contribution in [0.25, 0.3) is 10.9 Å². The number of aromatic amines is 1. The number of tetrazole rings is 1. The fraction of sp³-hybridized carbons (Fsp3) is 0.360. The number of fused-ring (bicyclic) bond motifs is 1. The van der Waals surface area contributed by atoms with Gasteiger partial charge in [0.1, 0.15) is 11.8 Å². The molecule has 1 fully saturated rings. The second-order valence-electron chi connectivity index (χ2n) is 8.83. The van der Waals surface area contributed by atoms with Gasteiger partial charge in [-0.3, -0.25) is 9.69 Å². The van der Waals surface area contributed by atoms with Gasteiger partial charge in [-0.25, -0.2) is 4.68 Å². The van der Waals surface area contributed by atoms with Crippen molar-refractivity contribution in [1.82, 2.24) is 30.1 Å². The van der Waals surface area contributed by atoms with Gasteiger partial charge in [-0.05, 0) is 64.9 Å². The molecule has 170 valence electrons. The third kappa shape index (κ3) is 4.39. The Morgan fingerprint density at radius 2 is 2.03 bits per heavy atom. The number of rotatable bonds is 6. The number of nitrogens with zero attached hydrogens (tertiary/aromatic N) is 5. The van der Waals surface area contributed by atoms with E-state index in [2.05, 4.69) is 44.5 Å². The molecular weight excluding hydrogens is 416 g/mol. The van der Waals surface area contributed by atoms with Crippen molar-refractivity contribution in [3.63, 3.8) is 0 Å². The zero-order valence-electron chi connectivity index (χ0n) is 18.9. The third-order valence-corrected chi connectivity index (χ3v) is 6.41. The molecule has 0 unspecified atom stereocenters. The molecule has 0 radical (unpaired) electrons. The van der Waals surface area contributed by atoms with Crippen LogP contribution in [0.15, 0.2) is 59.4 Å². The zero-order chi connectivity index (χ0) is 22.8. The summed E-state index contributed by atoms with van der Waals surface area (Å²) >= 11 is 0. The van der Waals surface area contributed by atoms with Crippen LogP contribution in [0.2, 0.25) is 0 Å². The highest BCUT2D eigenvalue weighted by Gasteiger charge is 2.32. The largest absolute Gasteiger partial charge is 0.497 e. The molecule has 33 heavy (non-hydrogen) atoms. The maximum absolute atomic E-state index is 13.4. The van der Waals surface area contributed by atoms with Crippen LogP contribution >= 0.6 is 0 Å². The number of H-pyrrole nitrogens is 1. The molecule has 2 aromatic heterocycles. The third-order valence-electron chi connectivity index (χ3n) is 6.41. The predicted molar refractivity (Wildman–Crippen MR) is 126 cm³/mol. The van der Waals surface area contributed by atoms with Gasteiger partial charge in [0.25, 0.3) is 5.56 Å². The van der Waals surface area contributed by atoms with Gasteiger partial charge < -0.3 is 9.72 Å². The van der Waals surface area contributed by atoms with E-state index in [4.69, 9.17) is 4.74 Å². The normalized spacial score (nSPS) is 17.8. The van der Waals surface area contributed by atoms with Crippen LogP contribution in [0.3, 0.4) is 0 Å². The van der Waals surface area contributed by atoms with Crippen LogP contribution in [0.5, 0.6) is 5.75 Å². The second kappa shape index (κ2) is 9.15. The summed E-state index contributed by atoms with van der Waals surface area (Å²) in [5.41, 5.74) is 2.38. The highest BCUT2D eigenvalue weighted by Crippen LogP contribution is 2.31. The van der Waals surface area contributed by atoms with Crippen LogP contribution in [-0.4, -0.2) is 50.3 Å². The van der Waals surface area contributed by atoms with Crippen molar-refractivity contribution >= 4 is 10.9 Å². The molecule has 2 aromatic carbocycles. The fourth-order valence-electron chi connectivity index (χ4n) is 4.76. The Labute approximate surface area is 192 Å². The topological polar surface area (TPSA) is 88.9 Å². The molecule has 3 heterocycles. The number of aromatic nitrogens is 5. The number of nitrogens with one attached hydrogen (secondary N) is 1. The van der Waals surface area contributed by atoms with Crippen LogP contribution in [0.4, 0.5) is 0 Å². The van der Waals surface area contributed by atoms with Gasteiger partial charge in [-0.1, -0.05) is 37.3 Å².